The Hall–Kier alpha value is -1.86. The zero-order valence-corrected chi connectivity index (χ0v) is 9.73. The van der Waals surface area contributed by atoms with Crippen LogP contribution in [0.1, 0.15) is 30.9 Å². The third kappa shape index (κ3) is 5.14. The van der Waals surface area contributed by atoms with E-state index in [0.29, 0.717) is 19.4 Å². The van der Waals surface area contributed by atoms with Crippen LogP contribution in [0.2, 0.25) is 0 Å². The molecule has 1 aromatic carbocycles. The fourth-order valence-electron chi connectivity index (χ4n) is 1.49. The van der Waals surface area contributed by atoms with Crippen LogP contribution in [-0.2, 0) is 4.79 Å². The summed E-state index contributed by atoms with van der Waals surface area (Å²) < 4.78 is 0. The van der Waals surface area contributed by atoms with E-state index in [2.05, 4.69) is 5.32 Å². The predicted octanol–water partition coefficient (Wildman–Crippen LogP) is 1.50. The van der Waals surface area contributed by atoms with E-state index in [0.717, 1.165) is 5.56 Å². The van der Waals surface area contributed by atoms with Crippen LogP contribution in [0.3, 0.4) is 0 Å². The summed E-state index contributed by atoms with van der Waals surface area (Å²) >= 11 is 0. The molecule has 4 heteroatoms. The normalized spacial score (nSPS) is 11.5. The Balaban J connectivity index is 2.29. The van der Waals surface area contributed by atoms with Gasteiger partial charge in [-0.15, -0.1) is 0 Å². The molecule has 0 spiro atoms. The zero-order chi connectivity index (χ0) is 12.5. The first-order chi connectivity index (χ1) is 8.24. The predicted molar refractivity (Wildman–Crippen MR) is 65.8 cm³/mol. The minimum absolute atomic E-state index is 0.0701. The molecule has 17 heavy (non-hydrogen) atoms. The summed E-state index contributed by atoms with van der Waals surface area (Å²) in [5, 5.41) is 11.1. The molecule has 0 radical (unpaired) electrons. The Morgan fingerprint density at radius 2 is 2.12 bits per heavy atom. The van der Waals surface area contributed by atoms with Gasteiger partial charge in [-0.1, -0.05) is 30.3 Å². The van der Waals surface area contributed by atoms with Crippen LogP contribution < -0.4 is 11.1 Å². The summed E-state index contributed by atoms with van der Waals surface area (Å²) in [6, 6.07) is 11.3. The molecule has 0 saturated heterocycles. The molecule has 4 nitrogen and oxygen atoms in total. The first-order valence-electron chi connectivity index (χ1n) is 5.68. The molecule has 90 valence electrons. The van der Waals surface area contributed by atoms with Gasteiger partial charge < -0.3 is 11.1 Å². The lowest BCUT2D eigenvalue weighted by Gasteiger charge is -2.11. The molecule has 1 atom stereocenters. The van der Waals surface area contributed by atoms with Gasteiger partial charge in [0.2, 0.25) is 5.91 Å². The van der Waals surface area contributed by atoms with E-state index in [9.17, 15) is 4.79 Å². The Morgan fingerprint density at radius 1 is 1.41 bits per heavy atom. The highest BCUT2D eigenvalue weighted by Crippen LogP contribution is 2.12. The average Bonchev–Trinajstić information content (AvgIpc) is 2.36. The number of nitrogens with two attached hydrogens (primary N) is 1. The molecule has 3 N–H and O–H groups in total. The molecule has 1 unspecified atom stereocenters. The van der Waals surface area contributed by atoms with E-state index in [4.69, 9.17) is 11.0 Å². The van der Waals surface area contributed by atoms with E-state index < -0.39 is 0 Å². The van der Waals surface area contributed by atoms with Crippen molar-refractivity contribution in [1.82, 2.24) is 5.32 Å². The maximum Gasteiger partial charge on any atom is 0.221 e. The van der Waals surface area contributed by atoms with E-state index in [-0.39, 0.29) is 18.4 Å². The molecule has 0 fully saturated rings. The molecule has 0 heterocycles. The SMILES string of the molecule is N#CCCCNC(=O)CC(N)c1ccccc1. The van der Waals surface area contributed by atoms with Crippen LogP contribution in [0.25, 0.3) is 0 Å². The number of benzene rings is 1. The lowest BCUT2D eigenvalue weighted by atomic mass is 10.0. The number of carbonyl (C=O) groups is 1. The van der Waals surface area contributed by atoms with Gasteiger partial charge in [0.25, 0.3) is 0 Å². The molecule has 0 aliphatic rings. The molecular weight excluding hydrogens is 214 g/mol. The largest absolute Gasteiger partial charge is 0.356 e. The van der Waals surface area contributed by atoms with E-state index >= 15 is 0 Å². The number of carbonyl (C=O) groups excluding carboxylic acids is 1. The van der Waals surface area contributed by atoms with Gasteiger partial charge in [0, 0.05) is 25.4 Å². The maximum atomic E-state index is 11.5. The van der Waals surface area contributed by atoms with Crippen molar-refractivity contribution in [3.63, 3.8) is 0 Å². The third-order valence-electron chi connectivity index (χ3n) is 2.42. The fourth-order valence-corrected chi connectivity index (χ4v) is 1.49. The lowest BCUT2D eigenvalue weighted by molar-refractivity contribution is -0.121. The van der Waals surface area contributed by atoms with Crippen LogP contribution in [0.5, 0.6) is 0 Å². The molecule has 0 bridgehead atoms. The van der Waals surface area contributed by atoms with Gasteiger partial charge in [0.1, 0.15) is 0 Å². The zero-order valence-electron chi connectivity index (χ0n) is 9.73. The molecule has 0 aromatic heterocycles. The van der Waals surface area contributed by atoms with Crippen LogP contribution in [0, 0.1) is 11.3 Å². The molecule has 1 aromatic rings. The van der Waals surface area contributed by atoms with Crippen molar-refractivity contribution >= 4 is 5.91 Å². The number of hydrogen-bond acceptors (Lipinski definition) is 3. The Morgan fingerprint density at radius 3 is 2.76 bits per heavy atom. The Labute approximate surface area is 101 Å². The summed E-state index contributed by atoms with van der Waals surface area (Å²) in [5.74, 6) is -0.0701. The fraction of sp³-hybridized carbons (Fsp3) is 0.385. The smallest absolute Gasteiger partial charge is 0.221 e. The summed E-state index contributed by atoms with van der Waals surface area (Å²) in [6.45, 7) is 0.536. The first-order valence-corrected chi connectivity index (χ1v) is 5.68. The van der Waals surface area contributed by atoms with Crippen molar-refractivity contribution in [1.29, 1.82) is 5.26 Å². The van der Waals surface area contributed by atoms with E-state index in [1.165, 1.54) is 0 Å². The summed E-state index contributed by atoms with van der Waals surface area (Å²) in [7, 11) is 0. The van der Waals surface area contributed by atoms with Gasteiger partial charge in [-0.25, -0.2) is 0 Å². The second kappa shape index (κ2) is 7.42. The van der Waals surface area contributed by atoms with Gasteiger partial charge in [0.05, 0.1) is 6.07 Å². The van der Waals surface area contributed by atoms with Crippen LogP contribution >= 0.6 is 0 Å². The summed E-state index contributed by atoms with van der Waals surface area (Å²) in [6.07, 6.45) is 1.42. The average molecular weight is 231 g/mol. The highest BCUT2D eigenvalue weighted by Gasteiger charge is 2.10. The van der Waals surface area contributed by atoms with E-state index in [1.807, 2.05) is 36.4 Å². The van der Waals surface area contributed by atoms with Crippen LogP contribution in [-0.4, -0.2) is 12.5 Å². The highest BCUT2D eigenvalue weighted by atomic mass is 16.1. The first kappa shape index (κ1) is 13.2. The minimum Gasteiger partial charge on any atom is -0.356 e. The molecule has 1 amide bonds. The van der Waals surface area contributed by atoms with Crippen molar-refractivity contribution in [2.24, 2.45) is 5.73 Å². The second-order valence-electron chi connectivity index (χ2n) is 3.83. The Bertz CT molecular complexity index is 383. The molecular formula is C13H17N3O. The van der Waals surface area contributed by atoms with Gasteiger partial charge in [-0.3, -0.25) is 4.79 Å². The van der Waals surface area contributed by atoms with Crippen molar-refractivity contribution in [3.05, 3.63) is 35.9 Å². The standard InChI is InChI=1S/C13H17N3O/c14-8-4-5-9-16-13(17)10-12(15)11-6-2-1-3-7-11/h1-3,6-7,12H,4-5,9-10,15H2,(H,16,17). The van der Waals surface area contributed by atoms with Crippen molar-refractivity contribution in [3.8, 4) is 6.07 Å². The number of hydrogen-bond donors (Lipinski definition) is 2. The monoisotopic (exact) mass is 231 g/mol. The van der Waals surface area contributed by atoms with Gasteiger partial charge in [-0.05, 0) is 12.0 Å². The van der Waals surface area contributed by atoms with Gasteiger partial charge in [-0.2, -0.15) is 5.26 Å². The molecule has 0 saturated carbocycles. The number of nitriles is 1. The number of amides is 1. The van der Waals surface area contributed by atoms with Crippen molar-refractivity contribution < 1.29 is 4.79 Å². The van der Waals surface area contributed by atoms with Gasteiger partial charge in [0.15, 0.2) is 0 Å². The summed E-state index contributed by atoms with van der Waals surface area (Å²) in [4.78, 5) is 11.5. The highest BCUT2D eigenvalue weighted by molar-refractivity contribution is 5.76. The number of nitrogens with one attached hydrogen (secondary N) is 1. The number of nitrogens with zero attached hydrogens (tertiary/aromatic N) is 1. The number of unbranched alkanes of at least 4 members (excludes halogenated alkanes) is 1. The topological polar surface area (TPSA) is 78.9 Å². The summed E-state index contributed by atoms with van der Waals surface area (Å²) in [5.41, 5.74) is 6.87. The lowest BCUT2D eigenvalue weighted by Crippen LogP contribution is -2.28. The molecule has 0 aliphatic carbocycles. The molecule has 0 aliphatic heterocycles. The maximum absolute atomic E-state index is 11.5. The number of rotatable bonds is 6. The van der Waals surface area contributed by atoms with Crippen LogP contribution in [0.15, 0.2) is 30.3 Å². The minimum atomic E-state index is -0.271. The van der Waals surface area contributed by atoms with Crippen LogP contribution in [0.4, 0.5) is 0 Å². The Kier molecular flexibility index (Phi) is 5.76. The third-order valence-corrected chi connectivity index (χ3v) is 2.42. The molecule has 1 rings (SSSR count). The quantitative estimate of drug-likeness (QED) is 0.728. The van der Waals surface area contributed by atoms with E-state index in [1.54, 1.807) is 0 Å². The van der Waals surface area contributed by atoms with Crippen molar-refractivity contribution in [2.45, 2.75) is 25.3 Å². The van der Waals surface area contributed by atoms with Gasteiger partial charge >= 0.3 is 0 Å². The second-order valence-corrected chi connectivity index (χ2v) is 3.83. The van der Waals surface area contributed by atoms with Crippen molar-refractivity contribution in [2.75, 3.05) is 6.54 Å².